The van der Waals surface area contributed by atoms with Crippen LogP contribution in [0.3, 0.4) is 0 Å². The molecule has 0 bridgehead atoms. The molecule has 1 amide bonds. The molecule has 4 heteroatoms. The van der Waals surface area contributed by atoms with Crippen LogP contribution < -0.4 is 5.32 Å². The van der Waals surface area contributed by atoms with Gasteiger partial charge in [-0.25, -0.2) is 4.39 Å². The molecule has 108 valence electrons. The Morgan fingerprint density at radius 3 is 2.81 bits per heavy atom. The maximum Gasteiger partial charge on any atom is 0.252 e. The lowest BCUT2D eigenvalue weighted by molar-refractivity contribution is 0.0857. The lowest BCUT2D eigenvalue weighted by atomic mass is 10.0. The molecule has 2 N–H and O–H groups in total. The maximum atomic E-state index is 13.1. The fourth-order valence-corrected chi connectivity index (χ4v) is 2.85. The number of carbonyl (C=O) groups is 1. The Bertz CT molecular complexity index is 699. The van der Waals surface area contributed by atoms with Gasteiger partial charge in [-0.15, -0.1) is 0 Å². The zero-order valence-corrected chi connectivity index (χ0v) is 11.6. The van der Waals surface area contributed by atoms with Crippen LogP contribution in [-0.2, 0) is 6.42 Å². The topological polar surface area (TPSA) is 49.3 Å². The molecule has 2 aromatic carbocycles. The Hall–Kier alpha value is -2.20. The van der Waals surface area contributed by atoms with Crippen molar-refractivity contribution < 1.29 is 14.3 Å². The van der Waals surface area contributed by atoms with Gasteiger partial charge in [0, 0.05) is 12.0 Å². The zero-order chi connectivity index (χ0) is 15.0. The molecular formula is C17H16FNO2. The molecule has 0 saturated carbocycles. The summed E-state index contributed by atoms with van der Waals surface area (Å²) in [5.74, 6) is -0.663. The van der Waals surface area contributed by atoms with Crippen LogP contribution in [0, 0.1) is 12.7 Å². The van der Waals surface area contributed by atoms with Crippen LogP contribution in [0.15, 0.2) is 42.5 Å². The first-order chi connectivity index (χ1) is 10.1. The molecule has 2 atom stereocenters. The van der Waals surface area contributed by atoms with Gasteiger partial charge in [-0.1, -0.05) is 24.3 Å². The summed E-state index contributed by atoms with van der Waals surface area (Å²) in [7, 11) is 0. The van der Waals surface area contributed by atoms with Gasteiger partial charge in [-0.2, -0.15) is 0 Å². The van der Waals surface area contributed by atoms with Crippen molar-refractivity contribution in [3.8, 4) is 0 Å². The summed E-state index contributed by atoms with van der Waals surface area (Å²) in [4.78, 5) is 12.3. The predicted molar refractivity (Wildman–Crippen MR) is 77.5 cm³/mol. The smallest absolute Gasteiger partial charge is 0.252 e. The van der Waals surface area contributed by atoms with Crippen LogP contribution in [0.1, 0.15) is 33.1 Å². The SMILES string of the molecule is Cc1cc(F)ccc1C(=O)N[C@@H]1c2ccccc2C[C@@H]1O. The number of nitrogens with one attached hydrogen (secondary N) is 1. The molecule has 0 aliphatic heterocycles. The molecule has 0 radical (unpaired) electrons. The van der Waals surface area contributed by atoms with E-state index in [0.717, 1.165) is 11.1 Å². The number of fused-ring (bicyclic) bond motifs is 1. The monoisotopic (exact) mass is 285 g/mol. The number of aliphatic hydroxyl groups is 1. The maximum absolute atomic E-state index is 13.1. The standard InChI is InChI=1S/C17H16FNO2/c1-10-8-12(18)6-7-13(10)17(21)19-16-14-5-3-2-4-11(14)9-15(16)20/h2-8,15-16,20H,9H2,1H3,(H,19,21)/t15-,16+/m0/s1. The molecular weight excluding hydrogens is 269 g/mol. The summed E-state index contributed by atoms with van der Waals surface area (Å²) in [6.45, 7) is 1.69. The first-order valence-electron chi connectivity index (χ1n) is 6.89. The highest BCUT2D eigenvalue weighted by Gasteiger charge is 2.32. The van der Waals surface area contributed by atoms with Crippen LogP contribution in [0.4, 0.5) is 4.39 Å². The second-order valence-corrected chi connectivity index (χ2v) is 5.38. The lowest BCUT2D eigenvalue weighted by Crippen LogP contribution is -2.34. The molecule has 1 aliphatic carbocycles. The first kappa shape index (κ1) is 13.8. The van der Waals surface area contributed by atoms with E-state index < -0.39 is 12.1 Å². The summed E-state index contributed by atoms with van der Waals surface area (Å²) in [6, 6.07) is 11.3. The van der Waals surface area contributed by atoms with Crippen molar-refractivity contribution in [1.82, 2.24) is 5.32 Å². The van der Waals surface area contributed by atoms with E-state index in [2.05, 4.69) is 5.32 Å². The summed E-state index contributed by atoms with van der Waals surface area (Å²) >= 11 is 0. The van der Waals surface area contributed by atoms with E-state index >= 15 is 0 Å². The van der Waals surface area contributed by atoms with E-state index in [9.17, 15) is 14.3 Å². The highest BCUT2D eigenvalue weighted by atomic mass is 19.1. The number of rotatable bonds is 2. The molecule has 0 spiro atoms. The summed E-state index contributed by atoms with van der Waals surface area (Å²) in [6.07, 6.45) is -0.101. The minimum absolute atomic E-state index is 0.298. The molecule has 0 heterocycles. The largest absolute Gasteiger partial charge is 0.390 e. The normalized spacial score (nSPS) is 20.1. The van der Waals surface area contributed by atoms with Crippen LogP contribution in [-0.4, -0.2) is 17.1 Å². The molecule has 0 unspecified atom stereocenters. The average Bonchev–Trinajstić information content (AvgIpc) is 2.75. The molecule has 3 rings (SSSR count). The fraction of sp³-hybridized carbons (Fsp3) is 0.235. The molecule has 21 heavy (non-hydrogen) atoms. The minimum atomic E-state index is -0.632. The van der Waals surface area contributed by atoms with Crippen LogP contribution >= 0.6 is 0 Å². The summed E-state index contributed by atoms with van der Waals surface area (Å²) in [5, 5.41) is 13.0. The van der Waals surface area contributed by atoms with Crippen molar-refractivity contribution in [3.63, 3.8) is 0 Å². The zero-order valence-electron chi connectivity index (χ0n) is 11.6. The number of hydrogen-bond donors (Lipinski definition) is 2. The number of halogens is 1. The van der Waals surface area contributed by atoms with E-state index in [4.69, 9.17) is 0 Å². The number of carbonyl (C=O) groups excluding carboxylic acids is 1. The third kappa shape index (κ3) is 2.54. The van der Waals surface area contributed by atoms with Crippen LogP contribution in [0.2, 0.25) is 0 Å². The average molecular weight is 285 g/mol. The molecule has 2 aromatic rings. The molecule has 0 fully saturated rings. The summed E-state index contributed by atoms with van der Waals surface area (Å²) in [5.41, 5.74) is 2.99. The Morgan fingerprint density at radius 1 is 1.29 bits per heavy atom. The van der Waals surface area contributed by atoms with Gasteiger partial charge in [0.15, 0.2) is 0 Å². The van der Waals surface area contributed by atoms with Crippen molar-refractivity contribution in [2.75, 3.05) is 0 Å². The number of benzene rings is 2. The third-order valence-electron chi connectivity index (χ3n) is 3.92. The van der Waals surface area contributed by atoms with Crippen molar-refractivity contribution in [2.24, 2.45) is 0 Å². The first-order valence-corrected chi connectivity index (χ1v) is 6.89. The Morgan fingerprint density at radius 2 is 2.05 bits per heavy atom. The number of aryl methyl sites for hydroxylation is 1. The van der Waals surface area contributed by atoms with Gasteiger partial charge in [0.05, 0.1) is 12.1 Å². The Kier molecular flexibility index (Phi) is 3.47. The van der Waals surface area contributed by atoms with Crippen LogP contribution in [0.5, 0.6) is 0 Å². The Balaban J connectivity index is 1.85. The molecule has 0 aromatic heterocycles. The van der Waals surface area contributed by atoms with Gasteiger partial charge >= 0.3 is 0 Å². The number of hydrogen-bond acceptors (Lipinski definition) is 2. The second-order valence-electron chi connectivity index (χ2n) is 5.38. The van der Waals surface area contributed by atoms with Gasteiger partial charge in [0.25, 0.3) is 5.91 Å². The van der Waals surface area contributed by atoms with Gasteiger partial charge < -0.3 is 10.4 Å². The van der Waals surface area contributed by atoms with E-state index in [0.29, 0.717) is 17.5 Å². The van der Waals surface area contributed by atoms with Crippen molar-refractivity contribution in [1.29, 1.82) is 0 Å². The van der Waals surface area contributed by atoms with Gasteiger partial charge in [-0.05, 0) is 41.8 Å². The van der Waals surface area contributed by atoms with Crippen LogP contribution in [0.25, 0.3) is 0 Å². The fourth-order valence-electron chi connectivity index (χ4n) is 2.85. The van der Waals surface area contributed by atoms with E-state index in [1.165, 1.54) is 18.2 Å². The third-order valence-corrected chi connectivity index (χ3v) is 3.92. The van der Waals surface area contributed by atoms with E-state index in [1.807, 2.05) is 24.3 Å². The van der Waals surface area contributed by atoms with E-state index in [-0.39, 0.29) is 11.7 Å². The number of amides is 1. The van der Waals surface area contributed by atoms with Gasteiger partial charge in [0.2, 0.25) is 0 Å². The van der Waals surface area contributed by atoms with Crippen molar-refractivity contribution in [3.05, 3.63) is 70.5 Å². The minimum Gasteiger partial charge on any atom is -0.390 e. The molecule has 1 aliphatic rings. The molecule has 3 nitrogen and oxygen atoms in total. The van der Waals surface area contributed by atoms with Gasteiger partial charge in [0.1, 0.15) is 5.82 Å². The Labute approximate surface area is 122 Å². The predicted octanol–water partition coefficient (Wildman–Crippen LogP) is 2.52. The van der Waals surface area contributed by atoms with Crippen molar-refractivity contribution >= 4 is 5.91 Å². The van der Waals surface area contributed by atoms with Crippen molar-refractivity contribution in [2.45, 2.75) is 25.5 Å². The lowest BCUT2D eigenvalue weighted by Gasteiger charge is -2.18. The second kappa shape index (κ2) is 5.30. The highest BCUT2D eigenvalue weighted by Crippen LogP contribution is 2.31. The highest BCUT2D eigenvalue weighted by molar-refractivity contribution is 5.96. The molecule has 0 saturated heterocycles. The summed E-state index contributed by atoms with van der Waals surface area (Å²) < 4.78 is 13.1. The quantitative estimate of drug-likeness (QED) is 0.890. The number of aliphatic hydroxyl groups excluding tert-OH is 1. The van der Waals surface area contributed by atoms with E-state index in [1.54, 1.807) is 6.92 Å². The van der Waals surface area contributed by atoms with Gasteiger partial charge in [-0.3, -0.25) is 4.79 Å².